The van der Waals surface area contributed by atoms with Gasteiger partial charge in [-0.05, 0) is 87.8 Å². The molecule has 0 aliphatic carbocycles. The van der Waals surface area contributed by atoms with Crippen molar-refractivity contribution in [3.05, 3.63) is 157 Å². The number of nitrogens with zero attached hydrogens (tertiary/aromatic N) is 4. The van der Waals surface area contributed by atoms with E-state index >= 15 is 0 Å². The highest BCUT2D eigenvalue weighted by Crippen LogP contribution is 2.55. The van der Waals surface area contributed by atoms with Crippen molar-refractivity contribution in [3.63, 3.8) is 0 Å². The van der Waals surface area contributed by atoms with E-state index in [9.17, 15) is 0 Å². The van der Waals surface area contributed by atoms with Crippen molar-refractivity contribution in [3.8, 4) is 34.1 Å². The first-order chi connectivity index (χ1) is 22.8. The molecule has 5 nitrogen and oxygen atoms in total. The number of pyridine rings is 1. The van der Waals surface area contributed by atoms with Crippen molar-refractivity contribution < 1.29 is 14.0 Å². The lowest BCUT2D eigenvalue weighted by atomic mass is 9.84. The molecule has 0 saturated heterocycles. The number of ether oxygens (including phenoxy) is 1. The van der Waals surface area contributed by atoms with E-state index in [2.05, 4.69) is 164 Å². The van der Waals surface area contributed by atoms with E-state index in [1.165, 1.54) is 65.6 Å². The number of fused-ring (bicyclic) bond motifs is 9. The van der Waals surface area contributed by atoms with E-state index in [0.29, 0.717) is 0 Å². The molecule has 3 aromatic heterocycles. The molecule has 0 radical (unpaired) electrons. The SMILES string of the molecule is c1cc2c3c(c1)-n1cc(-c4ccc5cc6ccccc6cc5c4)c[n+]1C31c3c(ccc4c5ccccc5n(c34)-c3cccc[n+]31)O2. The van der Waals surface area contributed by atoms with Gasteiger partial charge >= 0.3 is 5.66 Å². The molecule has 9 aromatic rings. The van der Waals surface area contributed by atoms with Gasteiger partial charge in [0.25, 0.3) is 5.82 Å². The van der Waals surface area contributed by atoms with E-state index < -0.39 is 5.66 Å². The van der Waals surface area contributed by atoms with Crippen molar-refractivity contribution in [2.24, 2.45) is 0 Å². The van der Waals surface area contributed by atoms with Gasteiger partial charge in [-0.15, -0.1) is 4.68 Å². The highest BCUT2D eigenvalue weighted by Gasteiger charge is 2.68. The molecule has 0 N–H and O–H groups in total. The molecule has 3 aliphatic heterocycles. The summed E-state index contributed by atoms with van der Waals surface area (Å²) in [5.41, 5.74) is 7.55. The Labute approximate surface area is 263 Å². The van der Waals surface area contributed by atoms with E-state index in [1.807, 2.05) is 0 Å². The van der Waals surface area contributed by atoms with E-state index in [4.69, 9.17) is 4.74 Å². The fourth-order valence-electron chi connectivity index (χ4n) is 8.68. The maximum absolute atomic E-state index is 6.79. The molecule has 46 heavy (non-hydrogen) atoms. The van der Waals surface area contributed by atoms with Crippen LogP contribution in [0.3, 0.4) is 0 Å². The van der Waals surface area contributed by atoms with Gasteiger partial charge in [-0.25, -0.2) is 0 Å². The zero-order valence-electron chi connectivity index (χ0n) is 24.6. The predicted octanol–water partition coefficient (Wildman–Crippen LogP) is 8.15. The summed E-state index contributed by atoms with van der Waals surface area (Å²) in [6.07, 6.45) is 6.86. The number of hydrogen-bond donors (Lipinski definition) is 0. The molecule has 1 atom stereocenters. The lowest BCUT2D eigenvalue weighted by molar-refractivity contribution is -0.993. The Bertz CT molecular complexity index is 2860. The number of para-hydroxylation sites is 1. The third-order valence-corrected chi connectivity index (χ3v) is 10.5. The van der Waals surface area contributed by atoms with E-state index in [1.54, 1.807) is 0 Å². The highest BCUT2D eigenvalue weighted by atomic mass is 16.5. The molecule has 6 heterocycles. The quantitative estimate of drug-likeness (QED) is 0.140. The molecular formula is C41H24N4O+2. The average Bonchev–Trinajstić information content (AvgIpc) is 3.77. The first kappa shape index (κ1) is 23.2. The Morgan fingerprint density at radius 1 is 0.587 bits per heavy atom. The minimum atomic E-state index is -0.675. The Kier molecular flexibility index (Phi) is 3.89. The molecular weight excluding hydrogens is 564 g/mol. The van der Waals surface area contributed by atoms with Gasteiger partial charge in [0.05, 0.1) is 18.0 Å². The first-order valence-corrected chi connectivity index (χ1v) is 15.8. The summed E-state index contributed by atoms with van der Waals surface area (Å²) in [6, 6.07) is 46.2. The minimum absolute atomic E-state index is 0.675. The molecule has 0 bridgehead atoms. The summed E-state index contributed by atoms with van der Waals surface area (Å²) < 4.78 is 16.4. The summed E-state index contributed by atoms with van der Waals surface area (Å²) in [5.74, 6) is 2.92. The van der Waals surface area contributed by atoms with Crippen molar-refractivity contribution in [1.29, 1.82) is 0 Å². The van der Waals surface area contributed by atoms with E-state index in [0.717, 1.165) is 23.0 Å². The smallest absolute Gasteiger partial charge is 0.397 e. The van der Waals surface area contributed by atoms with Crippen molar-refractivity contribution >= 4 is 43.4 Å². The Hall–Kier alpha value is -6.20. The van der Waals surface area contributed by atoms with Crippen molar-refractivity contribution in [2.45, 2.75) is 5.66 Å². The zero-order valence-corrected chi connectivity index (χ0v) is 24.6. The van der Waals surface area contributed by atoms with Crippen LogP contribution < -0.4 is 14.0 Å². The Morgan fingerprint density at radius 3 is 2.33 bits per heavy atom. The maximum Gasteiger partial charge on any atom is 0.397 e. The topological polar surface area (TPSA) is 26.8 Å². The lowest BCUT2D eigenvalue weighted by Gasteiger charge is -2.32. The van der Waals surface area contributed by atoms with Crippen LogP contribution in [0.25, 0.3) is 66.0 Å². The van der Waals surface area contributed by atoms with Gasteiger partial charge in [-0.2, -0.15) is 9.13 Å². The second kappa shape index (κ2) is 7.71. The van der Waals surface area contributed by atoms with Gasteiger partial charge in [-0.1, -0.05) is 65.3 Å². The highest BCUT2D eigenvalue weighted by molar-refractivity contribution is 6.11. The molecule has 1 spiro atoms. The van der Waals surface area contributed by atoms with Crippen molar-refractivity contribution in [1.82, 2.24) is 9.25 Å². The molecule has 0 saturated carbocycles. The predicted molar refractivity (Wildman–Crippen MR) is 179 cm³/mol. The van der Waals surface area contributed by atoms with Crippen LogP contribution in [-0.4, -0.2) is 9.25 Å². The van der Waals surface area contributed by atoms with Gasteiger partial charge in [0, 0.05) is 16.8 Å². The fourth-order valence-corrected chi connectivity index (χ4v) is 8.68. The van der Waals surface area contributed by atoms with Gasteiger partial charge in [-0.3, -0.25) is 0 Å². The molecule has 5 heteroatoms. The Balaban J connectivity index is 1.21. The monoisotopic (exact) mass is 588 g/mol. The van der Waals surface area contributed by atoms with Gasteiger partial charge < -0.3 is 4.74 Å². The van der Waals surface area contributed by atoms with Crippen LogP contribution in [0.2, 0.25) is 0 Å². The Morgan fingerprint density at radius 2 is 1.39 bits per heavy atom. The van der Waals surface area contributed by atoms with Crippen LogP contribution in [0.1, 0.15) is 11.1 Å². The summed E-state index contributed by atoms with van der Waals surface area (Å²) in [4.78, 5) is 0. The zero-order chi connectivity index (χ0) is 29.7. The molecule has 1 unspecified atom stereocenters. The van der Waals surface area contributed by atoms with Crippen molar-refractivity contribution in [2.75, 3.05) is 0 Å². The minimum Gasteiger partial charge on any atom is -0.456 e. The molecule has 0 fully saturated rings. The second-order valence-electron chi connectivity index (χ2n) is 12.7. The maximum atomic E-state index is 6.79. The van der Waals surface area contributed by atoms with Crippen LogP contribution in [0, 0.1) is 0 Å². The van der Waals surface area contributed by atoms with Crippen LogP contribution in [-0.2, 0) is 5.66 Å². The fraction of sp³-hybridized carbons (Fsp3) is 0.0244. The summed E-state index contributed by atoms with van der Waals surface area (Å²) in [7, 11) is 0. The number of benzene rings is 6. The van der Waals surface area contributed by atoms with Gasteiger partial charge in [0.1, 0.15) is 28.3 Å². The van der Waals surface area contributed by atoms with Gasteiger partial charge in [0.15, 0.2) is 11.1 Å². The summed E-state index contributed by atoms with van der Waals surface area (Å²) >= 11 is 0. The third-order valence-electron chi connectivity index (χ3n) is 10.5. The van der Waals surface area contributed by atoms with Crippen LogP contribution in [0.15, 0.2) is 146 Å². The first-order valence-electron chi connectivity index (χ1n) is 15.8. The number of aromatic nitrogens is 4. The largest absolute Gasteiger partial charge is 0.456 e. The molecule has 12 rings (SSSR count). The van der Waals surface area contributed by atoms with Gasteiger partial charge in [0.2, 0.25) is 6.20 Å². The van der Waals surface area contributed by atoms with E-state index in [-0.39, 0.29) is 0 Å². The number of rotatable bonds is 1. The standard InChI is InChI=1S/C41H24N4O/c1-2-9-26-21-29-22-28(16-15-27(29)20-25(26)8-1)30-23-43-34-12-7-13-35-38(34)41(44(43)24-30)39-36(46-35)18-17-32-31-10-3-4-11-33(31)45(40(32)39)37-14-5-6-19-42(37)41/h1-24H/q+2. The van der Waals surface area contributed by atoms with Crippen LogP contribution in [0.5, 0.6) is 11.5 Å². The second-order valence-corrected chi connectivity index (χ2v) is 12.7. The van der Waals surface area contributed by atoms with Crippen LogP contribution >= 0.6 is 0 Å². The molecule has 0 amide bonds. The normalized spacial score (nSPS) is 16.5. The third kappa shape index (κ3) is 2.51. The average molecular weight is 589 g/mol. The summed E-state index contributed by atoms with van der Waals surface area (Å²) in [5, 5.41) is 7.50. The molecule has 3 aliphatic rings. The molecule has 6 aromatic carbocycles. The molecule has 212 valence electrons. The van der Waals surface area contributed by atoms with Crippen LogP contribution in [0.4, 0.5) is 0 Å². The lowest BCUT2D eigenvalue weighted by Crippen LogP contribution is -2.76. The summed E-state index contributed by atoms with van der Waals surface area (Å²) in [6.45, 7) is 0. The number of hydrogen-bond acceptors (Lipinski definition) is 1.